The number of hydrogen-bond acceptors (Lipinski definition) is 1. The first-order valence-corrected chi connectivity index (χ1v) is 7.22. The van der Waals surface area contributed by atoms with Crippen LogP contribution in [-0.2, 0) is 14.1 Å². The Morgan fingerprint density at radius 3 is 2.39 bits per heavy atom. The molecule has 0 N–H and O–H groups in total. The Balaban J connectivity index is 2.25. The lowest BCUT2D eigenvalue weighted by molar-refractivity contribution is 0.790. The lowest BCUT2D eigenvalue weighted by Gasteiger charge is -2.11. The molecule has 1 aliphatic rings. The van der Waals surface area contributed by atoms with E-state index in [1.807, 2.05) is 12.1 Å². The molecule has 0 spiro atoms. The van der Waals surface area contributed by atoms with E-state index < -0.39 is 0 Å². The first kappa shape index (κ1) is 12.3. The molecule has 1 atom stereocenters. The smallest absolute Gasteiger partial charge is 0.295 e. The summed E-state index contributed by atoms with van der Waals surface area (Å²) in [6, 6.07) is 4.03. The highest BCUT2D eigenvalue weighted by molar-refractivity contribution is 9.10. The summed E-state index contributed by atoms with van der Waals surface area (Å²) in [7, 11) is 3.58. The van der Waals surface area contributed by atoms with Crippen LogP contribution < -0.4 is 5.69 Å². The van der Waals surface area contributed by atoms with Crippen LogP contribution in [0, 0.1) is 5.92 Å². The molecule has 0 aliphatic heterocycles. The molecular formula is C13H14BrClN2O. The first-order chi connectivity index (χ1) is 8.50. The van der Waals surface area contributed by atoms with Crippen molar-refractivity contribution in [1.29, 1.82) is 0 Å². The third-order valence-electron chi connectivity index (χ3n) is 3.72. The molecule has 3 nitrogen and oxygen atoms in total. The number of rotatable bonds is 2. The molecule has 2 aromatic rings. The second kappa shape index (κ2) is 4.14. The zero-order valence-electron chi connectivity index (χ0n) is 10.3. The number of fused-ring (bicyclic) bond motifs is 1. The predicted molar refractivity (Wildman–Crippen MR) is 77.2 cm³/mol. The molecule has 1 aromatic carbocycles. The number of nitrogens with zero attached hydrogens (tertiary/aromatic N) is 2. The average Bonchev–Trinajstić information content (AvgIpc) is 3.16. The molecule has 96 valence electrons. The van der Waals surface area contributed by atoms with Gasteiger partial charge in [0.15, 0.2) is 0 Å². The second-order valence-electron chi connectivity index (χ2n) is 5.00. The van der Waals surface area contributed by atoms with Gasteiger partial charge in [0, 0.05) is 18.6 Å². The zero-order valence-corrected chi connectivity index (χ0v) is 12.6. The van der Waals surface area contributed by atoms with E-state index in [9.17, 15) is 4.79 Å². The van der Waals surface area contributed by atoms with Gasteiger partial charge in [-0.25, -0.2) is 4.79 Å². The average molecular weight is 330 g/mol. The Hall–Kier alpha value is -0.740. The Morgan fingerprint density at radius 2 is 1.83 bits per heavy atom. The van der Waals surface area contributed by atoms with E-state index in [0.717, 1.165) is 21.1 Å². The van der Waals surface area contributed by atoms with Crippen molar-refractivity contribution < 1.29 is 0 Å². The zero-order chi connectivity index (χ0) is 13.0. The molecular weight excluding hydrogens is 316 g/mol. The van der Waals surface area contributed by atoms with E-state index in [-0.39, 0.29) is 11.1 Å². The maximum Gasteiger partial charge on any atom is 0.328 e. The van der Waals surface area contributed by atoms with Crippen molar-refractivity contribution in [2.24, 2.45) is 20.0 Å². The Morgan fingerprint density at radius 1 is 1.28 bits per heavy atom. The monoisotopic (exact) mass is 328 g/mol. The summed E-state index contributed by atoms with van der Waals surface area (Å²) in [4.78, 5) is 11.9. The number of hydrogen-bond donors (Lipinski definition) is 0. The van der Waals surface area contributed by atoms with Gasteiger partial charge < -0.3 is 0 Å². The summed E-state index contributed by atoms with van der Waals surface area (Å²) in [5.74, 6) is 0.584. The summed E-state index contributed by atoms with van der Waals surface area (Å²) >= 11 is 10.1. The van der Waals surface area contributed by atoms with Gasteiger partial charge in [0.1, 0.15) is 0 Å². The van der Waals surface area contributed by atoms with Crippen molar-refractivity contribution in [2.75, 3.05) is 0 Å². The highest BCUT2D eigenvalue weighted by Crippen LogP contribution is 2.47. The number of halogens is 2. The number of benzene rings is 1. The quantitative estimate of drug-likeness (QED) is 0.776. The topological polar surface area (TPSA) is 26.9 Å². The minimum absolute atomic E-state index is 0.00778. The molecule has 18 heavy (non-hydrogen) atoms. The maximum absolute atomic E-state index is 11.9. The van der Waals surface area contributed by atoms with Crippen LogP contribution >= 0.6 is 27.5 Å². The van der Waals surface area contributed by atoms with Crippen molar-refractivity contribution in [3.63, 3.8) is 0 Å². The molecule has 1 heterocycles. The summed E-state index contributed by atoms with van der Waals surface area (Å²) in [5.41, 5.74) is 2.95. The van der Waals surface area contributed by atoms with Gasteiger partial charge in [-0.2, -0.15) is 0 Å². The molecule has 5 heteroatoms. The SMILES string of the molecule is Cn1c(=O)n(C)c2cc(C(Cl)C3CC3)c(Br)cc21. The molecule has 0 radical (unpaired) electrons. The van der Waals surface area contributed by atoms with Crippen LogP contribution in [0.3, 0.4) is 0 Å². The van der Waals surface area contributed by atoms with Gasteiger partial charge in [0.05, 0.1) is 16.4 Å². The van der Waals surface area contributed by atoms with Crippen LogP contribution in [0.5, 0.6) is 0 Å². The molecule has 0 saturated heterocycles. The third-order valence-corrected chi connectivity index (χ3v) is 5.00. The summed E-state index contributed by atoms with van der Waals surface area (Å²) in [6.45, 7) is 0. The fraction of sp³-hybridized carbons (Fsp3) is 0.462. The van der Waals surface area contributed by atoms with Gasteiger partial charge in [-0.15, -0.1) is 11.6 Å². The van der Waals surface area contributed by atoms with Crippen LogP contribution in [0.2, 0.25) is 0 Å². The van der Waals surface area contributed by atoms with E-state index >= 15 is 0 Å². The number of aryl methyl sites for hydroxylation is 2. The minimum atomic E-state index is -0.00778. The first-order valence-electron chi connectivity index (χ1n) is 5.99. The third kappa shape index (κ3) is 1.74. The van der Waals surface area contributed by atoms with Gasteiger partial charge >= 0.3 is 5.69 Å². The van der Waals surface area contributed by atoms with Crippen LogP contribution in [0.4, 0.5) is 0 Å². The van der Waals surface area contributed by atoms with Crippen molar-refractivity contribution in [3.8, 4) is 0 Å². The predicted octanol–water partition coefficient (Wildman–Crippen LogP) is 3.33. The van der Waals surface area contributed by atoms with E-state index in [1.165, 1.54) is 12.8 Å². The fourth-order valence-corrected chi connectivity index (χ4v) is 3.53. The fourth-order valence-electron chi connectivity index (χ4n) is 2.39. The molecule has 1 aromatic heterocycles. The Bertz CT molecular complexity index is 684. The van der Waals surface area contributed by atoms with Gasteiger partial charge in [0.25, 0.3) is 0 Å². The second-order valence-corrected chi connectivity index (χ2v) is 6.33. The van der Waals surface area contributed by atoms with Crippen LogP contribution in [0.25, 0.3) is 11.0 Å². The van der Waals surface area contributed by atoms with Crippen molar-refractivity contribution in [2.45, 2.75) is 18.2 Å². The molecule has 1 saturated carbocycles. The summed E-state index contributed by atoms with van der Waals surface area (Å²) in [6.07, 6.45) is 2.40. The van der Waals surface area contributed by atoms with Gasteiger partial charge in [0.2, 0.25) is 0 Å². The molecule has 1 unspecified atom stereocenters. The largest absolute Gasteiger partial charge is 0.328 e. The van der Waals surface area contributed by atoms with E-state index in [4.69, 9.17) is 11.6 Å². The summed E-state index contributed by atoms with van der Waals surface area (Å²) < 4.78 is 4.31. The van der Waals surface area contributed by atoms with Crippen molar-refractivity contribution in [3.05, 3.63) is 32.7 Å². The Labute approximate surface area is 118 Å². The highest BCUT2D eigenvalue weighted by atomic mass is 79.9. The number of aromatic nitrogens is 2. The summed E-state index contributed by atoms with van der Waals surface area (Å²) in [5, 5.41) is 0.0408. The van der Waals surface area contributed by atoms with E-state index in [2.05, 4.69) is 15.9 Å². The normalized spacial score (nSPS) is 17.3. The molecule has 3 rings (SSSR count). The number of alkyl halides is 1. The van der Waals surface area contributed by atoms with Crippen molar-refractivity contribution in [1.82, 2.24) is 9.13 Å². The lowest BCUT2D eigenvalue weighted by atomic mass is 10.1. The molecule has 0 bridgehead atoms. The minimum Gasteiger partial charge on any atom is -0.295 e. The van der Waals surface area contributed by atoms with Gasteiger partial charge in [-0.1, -0.05) is 15.9 Å². The molecule has 1 fully saturated rings. The standard InChI is InChI=1S/C13H14BrClN2O/c1-16-10-5-8(12(15)7-3-4-7)9(14)6-11(10)17(2)13(16)18/h5-7,12H,3-4H2,1-2H3. The van der Waals surface area contributed by atoms with Gasteiger partial charge in [-0.3, -0.25) is 9.13 Å². The molecule has 1 aliphatic carbocycles. The van der Waals surface area contributed by atoms with Crippen LogP contribution in [-0.4, -0.2) is 9.13 Å². The highest BCUT2D eigenvalue weighted by Gasteiger charge is 2.32. The Kier molecular flexibility index (Phi) is 2.83. The molecule has 0 amide bonds. The van der Waals surface area contributed by atoms with Crippen LogP contribution in [0.1, 0.15) is 23.8 Å². The van der Waals surface area contributed by atoms with E-state index in [1.54, 1.807) is 23.2 Å². The van der Waals surface area contributed by atoms with Crippen LogP contribution in [0.15, 0.2) is 21.4 Å². The van der Waals surface area contributed by atoms with Gasteiger partial charge in [-0.05, 0) is 36.5 Å². The maximum atomic E-state index is 11.9. The van der Waals surface area contributed by atoms with E-state index in [0.29, 0.717) is 5.92 Å². The number of imidazole rings is 1. The lowest BCUT2D eigenvalue weighted by Crippen LogP contribution is -2.19. The van der Waals surface area contributed by atoms with Crippen molar-refractivity contribution >= 4 is 38.6 Å².